The Labute approximate surface area is 198 Å². The topological polar surface area (TPSA) is 83.6 Å². The second kappa shape index (κ2) is 10.1. The predicted molar refractivity (Wildman–Crippen MR) is 134 cm³/mol. The van der Waals surface area contributed by atoms with Crippen LogP contribution in [-0.2, 0) is 0 Å². The molecule has 1 N–H and O–H groups in total. The molecule has 0 unspecified atom stereocenters. The van der Waals surface area contributed by atoms with Gasteiger partial charge in [-0.25, -0.2) is 4.98 Å². The van der Waals surface area contributed by atoms with Crippen molar-refractivity contribution in [1.29, 1.82) is 0 Å². The van der Waals surface area contributed by atoms with Gasteiger partial charge in [0.1, 0.15) is 11.4 Å². The van der Waals surface area contributed by atoms with Crippen molar-refractivity contribution in [3.63, 3.8) is 0 Å². The van der Waals surface area contributed by atoms with Crippen molar-refractivity contribution in [3.8, 4) is 11.8 Å². The van der Waals surface area contributed by atoms with E-state index in [4.69, 9.17) is 9.47 Å². The molecule has 1 aliphatic heterocycles. The Morgan fingerprint density at radius 2 is 1.85 bits per heavy atom. The number of rotatable bonds is 8. The second-order valence-electron chi connectivity index (χ2n) is 8.53. The Bertz CT molecular complexity index is 1330. The number of aromatic nitrogens is 3. The van der Waals surface area contributed by atoms with Gasteiger partial charge in [0.25, 0.3) is 0 Å². The minimum atomic E-state index is -0.183. The van der Waals surface area contributed by atoms with E-state index in [0.29, 0.717) is 18.3 Å². The highest BCUT2D eigenvalue weighted by Crippen LogP contribution is 2.30. The number of hydrogen-bond acceptors (Lipinski definition) is 7. The minimum absolute atomic E-state index is 0.183. The van der Waals surface area contributed by atoms with Gasteiger partial charge < -0.3 is 19.4 Å². The molecule has 176 valence electrons. The number of unbranched alkanes of at least 4 members (excludes halogenated alkanes) is 1. The average Bonchev–Trinajstić information content (AvgIpc) is 2.88. The summed E-state index contributed by atoms with van der Waals surface area (Å²) in [4.78, 5) is 27.6. The van der Waals surface area contributed by atoms with Crippen molar-refractivity contribution in [2.45, 2.75) is 12.8 Å². The molecular formula is C26H29N5O3. The fourth-order valence-electron chi connectivity index (χ4n) is 4.44. The van der Waals surface area contributed by atoms with E-state index < -0.39 is 0 Å². The predicted octanol–water partition coefficient (Wildman–Crippen LogP) is 3.46. The van der Waals surface area contributed by atoms with Gasteiger partial charge in [-0.15, -0.1) is 0 Å². The first kappa shape index (κ1) is 22.2. The lowest BCUT2D eigenvalue weighted by Gasteiger charge is -2.36. The number of benzene rings is 2. The SMILES string of the molecule is COc1ccc2cccc(N3CCN(CCCCOc4ncc5ccc(=O)[nH]c5n4)CC3)c2c1. The minimum Gasteiger partial charge on any atom is -0.497 e. The number of hydrogen-bond donors (Lipinski definition) is 1. The van der Waals surface area contributed by atoms with E-state index >= 15 is 0 Å². The monoisotopic (exact) mass is 459 g/mol. The molecule has 0 radical (unpaired) electrons. The van der Waals surface area contributed by atoms with Gasteiger partial charge in [0.2, 0.25) is 5.56 Å². The highest BCUT2D eigenvalue weighted by atomic mass is 16.5. The molecule has 0 aliphatic carbocycles. The summed E-state index contributed by atoms with van der Waals surface area (Å²) in [6.45, 7) is 5.71. The van der Waals surface area contributed by atoms with Crippen LogP contribution in [0.3, 0.4) is 0 Å². The molecule has 1 fully saturated rings. The maximum Gasteiger partial charge on any atom is 0.318 e. The van der Waals surface area contributed by atoms with Crippen LogP contribution in [0.15, 0.2) is 59.5 Å². The summed E-state index contributed by atoms with van der Waals surface area (Å²) in [5, 5.41) is 3.27. The molecule has 3 heterocycles. The summed E-state index contributed by atoms with van der Waals surface area (Å²) in [7, 11) is 1.71. The zero-order chi connectivity index (χ0) is 23.3. The van der Waals surface area contributed by atoms with E-state index in [1.54, 1.807) is 19.4 Å². The fourth-order valence-corrected chi connectivity index (χ4v) is 4.44. The summed E-state index contributed by atoms with van der Waals surface area (Å²) < 4.78 is 11.1. The summed E-state index contributed by atoms with van der Waals surface area (Å²) in [5.41, 5.74) is 1.60. The van der Waals surface area contributed by atoms with Gasteiger partial charge in [-0.3, -0.25) is 9.69 Å². The number of H-pyrrole nitrogens is 1. The Kier molecular flexibility index (Phi) is 6.58. The number of aromatic amines is 1. The molecule has 5 rings (SSSR count). The Morgan fingerprint density at radius 3 is 2.71 bits per heavy atom. The Morgan fingerprint density at radius 1 is 1.00 bits per heavy atom. The first-order valence-corrected chi connectivity index (χ1v) is 11.7. The van der Waals surface area contributed by atoms with Gasteiger partial charge >= 0.3 is 6.01 Å². The fraction of sp³-hybridized carbons (Fsp3) is 0.346. The van der Waals surface area contributed by atoms with Crippen LogP contribution >= 0.6 is 0 Å². The Balaban J connectivity index is 1.08. The van der Waals surface area contributed by atoms with Crippen LogP contribution in [0.4, 0.5) is 5.69 Å². The molecule has 1 saturated heterocycles. The summed E-state index contributed by atoms with van der Waals surface area (Å²) in [5.74, 6) is 0.892. The number of piperazine rings is 1. The molecule has 2 aromatic carbocycles. The first-order chi connectivity index (χ1) is 16.7. The van der Waals surface area contributed by atoms with Gasteiger partial charge in [0.15, 0.2) is 0 Å². The van der Waals surface area contributed by atoms with E-state index in [9.17, 15) is 4.79 Å². The summed E-state index contributed by atoms with van der Waals surface area (Å²) >= 11 is 0. The number of fused-ring (bicyclic) bond motifs is 2. The molecule has 0 saturated carbocycles. The molecule has 0 atom stereocenters. The largest absolute Gasteiger partial charge is 0.497 e. The zero-order valence-electron chi connectivity index (χ0n) is 19.4. The molecular weight excluding hydrogens is 430 g/mol. The normalized spacial score (nSPS) is 14.6. The molecule has 0 spiro atoms. The smallest absolute Gasteiger partial charge is 0.318 e. The highest BCUT2D eigenvalue weighted by molar-refractivity contribution is 5.95. The van der Waals surface area contributed by atoms with E-state index in [1.165, 1.54) is 22.5 Å². The molecule has 34 heavy (non-hydrogen) atoms. The molecule has 0 bridgehead atoms. The van der Waals surface area contributed by atoms with Crippen molar-refractivity contribution in [2.75, 3.05) is 51.3 Å². The van der Waals surface area contributed by atoms with Crippen LogP contribution < -0.4 is 19.9 Å². The van der Waals surface area contributed by atoms with Crippen LogP contribution in [0, 0.1) is 0 Å². The van der Waals surface area contributed by atoms with Crippen molar-refractivity contribution >= 4 is 27.5 Å². The molecule has 4 aromatic rings. The lowest BCUT2D eigenvalue weighted by molar-refractivity contribution is 0.234. The molecule has 8 nitrogen and oxygen atoms in total. The zero-order valence-corrected chi connectivity index (χ0v) is 19.4. The van der Waals surface area contributed by atoms with Crippen LogP contribution in [0.5, 0.6) is 11.8 Å². The summed E-state index contributed by atoms with van der Waals surface area (Å²) in [6.07, 6.45) is 3.64. The third-order valence-electron chi connectivity index (χ3n) is 6.33. The second-order valence-corrected chi connectivity index (χ2v) is 8.53. The van der Waals surface area contributed by atoms with Crippen LogP contribution in [-0.4, -0.2) is 66.3 Å². The number of pyridine rings is 1. The number of nitrogens with one attached hydrogen (secondary N) is 1. The van der Waals surface area contributed by atoms with Gasteiger partial charge in [-0.2, -0.15) is 4.98 Å². The number of anilines is 1. The molecule has 8 heteroatoms. The first-order valence-electron chi connectivity index (χ1n) is 11.7. The van der Waals surface area contributed by atoms with Crippen molar-refractivity contribution in [2.24, 2.45) is 0 Å². The van der Waals surface area contributed by atoms with Gasteiger partial charge in [0.05, 0.1) is 13.7 Å². The van der Waals surface area contributed by atoms with E-state index in [2.05, 4.69) is 55.1 Å². The van der Waals surface area contributed by atoms with Gasteiger partial charge in [0, 0.05) is 54.9 Å². The molecule has 2 aromatic heterocycles. The van der Waals surface area contributed by atoms with Gasteiger partial charge in [-0.05, 0) is 49.0 Å². The number of nitrogens with zero attached hydrogens (tertiary/aromatic N) is 4. The number of ether oxygens (including phenoxy) is 2. The van der Waals surface area contributed by atoms with Crippen molar-refractivity contribution in [1.82, 2.24) is 19.9 Å². The van der Waals surface area contributed by atoms with Crippen molar-refractivity contribution < 1.29 is 9.47 Å². The van der Waals surface area contributed by atoms with Gasteiger partial charge in [-0.1, -0.05) is 18.2 Å². The van der Waals surface area contributed by atoms with Crippen molar-refractivity contribution in [3.05, 3.63) is 65.1 Å². The number of methoxy groups -OCH3 is 1. The lowest BCUT2D eigenvalue weighted by Crippen LogP contribution is -2.46. The van der Waals surface area contributed by atoms with Crippen LogP contribution in [0.2, 0.25) is 0 Å². The van der Waals surface area contributed by atoms with E-state index in [1.807, 2.05) is 6.07 Å². The summed E-state index contributed by atoms with van der Waals surface area (Å²) in [6, 6.07) is 16.2. The van der Waals surface area contributed by atoms with Crippen LogP contribution in [0.1, 0.15) is 12.8 Å². The third-order valence-corrected chi connectivity index (χ3v) is 6.33. The average molecular weight is 460 g/mol. The standard InChI is InChI=1S/C26H29N5O3/c1-33-21-9-7-19-5-4-6-23(22(19)17-21)31-14-12-30(13-15-31)11-2-3-16-34-26-27-18-20-8-10-24(32)28-25(20)29-26/h4-10,17-18H,2-3,11-16H2,1H3,(H,27,28,29,32). The molecule has 0 amide bonds. The quantitative estimate of drug-likeness (QED) is 0.404. The van der Waals surface area contributed by atoms with Crippen LogP contribution in [0.25, 0.3) is 21.8 Å². The third kappa shape index (κ3) is 4.97. The lowest BCUT2D eigenvalue weighted by atomic mass is 10.1. The Hall–Kier alpha value is -3.65. The highest BCUT2D eigenvalue weighted by Gasteiger charge is 2.18. The maximum atomic E-state index is 11.5. The van der Waals surface area contributed by atoms with E-state index in [-0.39, 0.29) is 5.56 Å². The van der Waals surface area contributed by atoms with E-state index in [0.717, 1.165) is 56.7 Å². The molecule has 1 aliphatic rings. The maximum absolute atomic E-state index is 11.5.